The van der Waals surface area contributed by atoms with Crippen molar-refractivity contribution in [1.82, 2.24) is 0 Å². The maximum atomic E-state index is 10.0. The van der Waals surface area contributed by atoms with Crippen LogP contribution < -0.4 is 0 Å². The van der Waals surface area contributed by atoms with E-state index in [0.717, 1.165) is 20.0 Å². The lowest BCUT2D eigenvalue weighted by atomic mass is 10.1. The smallest absolute Gasteiger partial charge is 0.0674 e. The molecule has 100 valence electrons. The molecule has 1 unspecified atom stereocenters. The molecule has 2 aromatic rings. The van der Waals surface area contributed by atoms with E-state index in [2.05, 4.69) is 15.9 Å². The number of aliphatic hydroxyl groups is 1. The zero-order chi connectivity index (χ0) is 13.7. The quantitative estimate of drug-likeness (QED) is 0.776. The minimum atomic E-state index is -0.356. The van der Waals surface area contributed by atoms with E-state index in [0.29, 0.717) is 12.2 Å². The molecule has 0 aliphatic heterocycles. The highest BCUT2D eigenvalue weighted by Crippen LogP contribution is 2.23. The van der Waals surface area contributed by atoms with Crippen LogP contribution in [0.5, 0.6) is 0 Å². The van der Waals surface area contributed by atoms with Crippen LogP contribution in [0, 0.1) is 0 Å². The van der Waals surface area contributed by atoms with E-state index in [1.54, 1.807) is 11.8 Å². The van der Waals surface area contributed by atoms with Gasteiger partial charge in [-0.15, -0.1) is 11.8 Å². The highest BCUT2D eigenvalue weighted by atomic mass is 79.9. The molecule has 2 rings (SSSR count). The normalized spacial score (nSPS) is 12.4. The Morgan fingerprint density at radius 1 is 1.16 bits per heavy atom. The zero-order valence-corrected chi connectivity index (χ0v) is 13.4. The van der Waals surface area contributed by atoms with Crippen molar-refractivity contribution in [2.75, 3.05) is 5.75 Å². The summed E-state index contributed by atoms with van der Waals surface area (Å²) in [5.41, 5.74) is 1.14. The largest absolute Gasteiger partial charge is 0.392 e. The highest BCUT2D eigenvalue weighted by molar-refractivity contribution is 9.10. The van der Waals surface area contributed by atoms with E-state index < -0.39 is 0 Å². The van der Waals surface area contributed by atoms with Crippen molar-refractivity contribution in [2.24, 2.45) is 0 Å². The van der Waals surface area contributed by atoms with E-state index in [1.165, 1.54) is 0 Å². The predicted octanol–water partition coefficient (Wildman–Crippen LogP) is 4.80. The molecule has 0 aliphatic carbocycles. The minimum absolute atomic E-state index is 0.356. The topological polar surface area (TPSA) is 20.2 Å². The number of aliphatic hydroxyl groups excluding tert-OH is 1. The number of rotatable bonds is 5. The summed E-state index contributed by atoms with van der Waals surface area (Å²) in [6.07, 6.45) is 0.311. The van der Waals surface area contributed by atoms with Gasteiger partial charge in [0.25, 0.3) is 0 Å². The lowest BCUT2D eigenvalue weighted by Gasteiger charge is -2.10. The summed E-state index contributed by atoms with van der Waals surface area (Å²) in [7, 11) is 0. The van der Waals surface area contributed by atoms with Gasteiger partial charge in [0.15, 0.2) is 0 Å². The average molecular weight is 358 g/mol. The fraction of sp³-hybridized carbons (Fsp3) is 0.200. The Balaban J connectivity index is 1.84. The van der Waals surface area contributed by atoms with E-state index in [1.807, 2.05) is 48.5 Å². The van der Waals surface area contributed by atoms with E-state index in [4.69, 9.17) is 11.6 Å². The monoisotopic (exact) mass is 356 g/mol. The molecule has 0 amide bonds. The van der Waals surface area contributed by atoms with Gasteiger partial charge in [-0.2, -0.15) is 0 Å². The fourth-order valence-electron chi connectivity index (χ4n) is 1.70. The number of hydrogen-bond donors (Lipinski definition) is 1. The van der Waals surface area contributed by atoms with Gasteiger partial charge in [-0.3, -0.25) is 0 Å². The van der Waals surface area contributed by atoms with Gasteiger partial charge in [-0.1, -0.05) is 45.7 Å². The summed E-state index contributed by atoms with van der Waals surface area (Å²) in [6, 6.07) is 15.7. The Labute approximate surface area is 131 Å². The van der Waals surface area contributed by atoms with Crippen LogP contribution in [0.3, 0.4) is 0 Å². The van der Waals surface area contributed by atoms with Gasteiger partial charge in [0, 0.05) is 20.1 Å². The van der Waals surface area contributed by atoms with E-state index in [-0.39, 0.29) is 6.10 Å². The van der Waals surface area contributed by atoms with Crippen LogP contribution in [0.2, 0.25) is 5.02 Å². The molecule has 1 atom stereocenters. The third-order valence-electron chi connectivity index (χ3n) is 2.62. The van der Waals surface area contributed by atoms with Crippen LogP contribution in [0.4, 0.5) is 0 Å². The first kappa shape index (κ1) is 14.9. The highest BCUT2D eigenvalue weighted by Gasteiger charge is 2.07. The van der Waals surface area contributed by atoms with E-state index >= 15 is 0 Å². The maximum Gasteiger partial charge on any atom is 0.0674 e. The molecule has 2 aromatic carbocycles. The molecule has 0 radical (unpaired) electrons. The first-order valence-electron chi connectivity index (χ1n) is 5.94. The molecule has 19 heavy (non-hydrogen) atoms. The first-order chi connectivity index (χ1) is 9.13. The standard InChI is InChI=1S/C15H14BrClOS/c16-12-6-4-11(5-7-12)8-14(18)10-19-15-3-1-2-13(17)9-15/h1-7,9,14,18H,8,10H2. The van der Waals surface area contributed by atoms with Crippen LogP contribution in [0.1, 0.15) is 5.56 Å². The fourth-order valence-corrected chi connectivity index (χ4v) is 3.11. The van der Waals surface area contributed by atoms with Gasteiger partial charge in [-0.25, -0.2) is 0 Å². The summed E-state index contributed by atoms with van der Waals surface area (Å²) in [5, 5.41) is 10.8. The Bertz CT molecular complexity index is 530. The van der Waals surface area contributed by atoms with Gasteiger partial charge in [0.1, 0.15) is 0 Å². The number of halogens is 2. The van der Waals surface area contributed by atoms with Crippen LogP contribution in [0.15, 0.2) is 57.9 Å². The summed E-state index contributed by atoms with van der Waals surface area (Å²) < 4.78 is 1.05. The summed E-state index contributed by atoms with van der Waals surface area (Å²) in [6.45, 7) is 0. The second-order valence-corrected chi connectivity index (χ2v) is 6.70. The van der Waals surface area contributed by atoms with Gasteiger partial charge < -0.3 is 5.11 Å². The molecule has 0 bridgehead atoms. The molecule has 0 fully saturated rings. The Hall–Kier alpha value is -0.480. The van der Waals surface area contributed by atoms with Gasteiger partial charge in [-0.05, 0) is 42.3 Å². The zero-order valence-electron chi connectivity index (χ0n) is 10.2. The first-order valence-corrected chi connectivity index (χ1v) is 8.10. The van der Waals surface area contributed by atoms with Gasteiger partial charge in [0.05, 0.1) is 6.10 Å². The molecular formula is C15H14BrClOS. The summed E-state index contributed by atoms with van der Waals surface area (Å²) in [5.74, 6) is 0.663. The Kier molecular flexibility index (Phi) is 5.76. The second kappa shape index (κ2) is 7.34. The second-order valence-electron chi connectivity index (χ2n) is 4.25. The van der Waals surface area contributed by atoms with Crippen molar-refractivity contribution >= 4 is 39.3 Å². The maximum absolute atomic E-state index is 10.0. The lowest BCUT2D eigenvalue weighted by Crippen LogP contribution is -2.13. The van der Waals surface area contributed by atoms with Gasteiger partial charge in [0.2, 0.25) is 0 Å². The van der Waals surface area contributed by atoms with Crippen LogP contribution in [-0.2, 0) is 6.42 Å². The molecule has 0 heterocycles. The van der Waals surface area contributed by atoms with Crippen molar-refractivity contribution in [2.45, 2.75) is 17.4 Å². The van der Waals surface area contributed by atoms with Crippen LogP contribution >= 0.6 is 39.3 Å². The summed E-state index contributed by atoms with van der Waals surface area (Å²) >= 11 is 10.9. The predicted molar refractivity (Wildman–Crippen MR) is 86.0 cm³/mol. The van der Waals surface area contributed by atoms with Crippen molar-refractivity contribution in [3.63, 3.8) is 0 Å². The SMILES string of the molecule is OC(CSc1cccc(Cl)c1)Cc1ccc(Br)cc1. The Morgan fingerprint density at radius 2 is 1.89 bits per heavy atom. The third-order valence-corrected chi connectivity index (χ3v) is 4.53. The molecule has 1 nitrogen and oxygen atoms in total. The molecule has 0 aliphatic rings. The van der Waals surface area contributed by atoms with Crippen molar-refractivity contribution < 1.29 is 5.11 Å². The van der Waals surface area contributed by atoms with E-state index in [9.17, 15) is 5.11 Å². The van der Waals surface area contributed by atoms with Crippen molar-refractivity contribution in [3.8, 4) is 0 Å². The average Bonchev–Trinajstić information content (AvgIpc) is 2.39. The minimum Gasteiger partial charge on any atom is -0.392 e. The molecule has 0 spiro atoms. The van der Waals surface area contributed by atoms with Crippen molar-refractivity contribution in [3.05, 3.63) is 63.6 Å². The number of thioether (sulfide) groups is 1. The number of benzene rings is 2. The van der Waals surface area contributed by atoms with Crippen molar-refractivity contribution in [1.29, 1.82) is 0 Å². The molecule has 0 saturated heterocycles. The lowest BCUT2D eigenvalue weighted by molar-refractivity contribution is 0.200. The number of hydrogen-bond acceptors (Lipinski definition) is 2. The van der Waals surface area contributed by atoms with Gasteiger partial charge >= 0.3 is 0 Å². The molecule has 0 saturated carbocycles. The Morgan fingerprint density at radius 3 is 2.58 bits per heavy atom. The molecule has 1 N–H and O–H groups in total. The summed E-state index contributed by atoms with van der Waals surface area (Å²) in [4.78, 5) is 1.09. The third kappa shape index (κ3) is 5.19. The molecular weight excluding hydrogens is 344 g/mol. The van der Waals surface area contributed by atoms with Crippen LogP contribution in [0.25, 0.3) is 0 Å². The molecule has 4 heteroatoms. The molecule has 0 aromatic heterocycles. The van der Waals surface area contributed by atoms with Crippen LogP contribution in [-0.4, -0.2) is 17.0 Å².